The van der Waals surface area contributed by atoms with Crippen molar-refractivity contribution in [3.8, 4) is 16.9 Å². The number of hydrazone groups is 1. The lowest BCUT2D eigenvalue weighted by molar-refractivity contribution is 0.700. The number of nitrogens with one attached hydrogen (secondary N) is 1. The lowest BCUT2D eigenvalue weighted by Gasteiger charge is -2.12. The Balaban J connectivity index is 1.38. The molecule has 0 amide bonds. The van der Waals surface area contributed by atoms with Gasteiger partial charge in [-0.1, -0.05) is 66.7 Å². The number of hydrogen-bond donors (Lipinski definition) is 1. The molecule has 6 aromatic rings. The van der Waals surface area contributed by atoms with Gasteiger partial charge in [-0.25, -0.2) is 9.97 Å². The second-order valence-corrected chi connectivity index (χ2v) is 10.4. The fraction of sp³-hybridized carbons (Fsp3) is 0.129. The van der Waals surface area contributed by atoms with Crippen LogP contribution in [0.2, 0.25) is 0 Å². The summed E-state index contributed by atoms with van der Waals surface area (Å²) in [5.41, 5.74) is 10.3. The minimum absolute atomic E-state index is 0.786. The highest BCUT2D eigenvalue weighted by Gasteiger charge is 2.21. The van der Waals surface area contributed by atoms with E-state index in [-0.39, 0.29) is 0 Å². The van der Waals surface area contributed by atoms with Crippen molar-refractivity contribution in [3.05, 3.63) is 107 Å². The van der Waals surface area contributed by atoms with Crippen molar-refractivity contribution in [2.75, 3.05) is 5.43 Å². The van der Waals surface area contributed by atoms with E-state index in [1.807, 2.05) is 6.21 Å². The Labute approximate surface area is 219 Å². The predicted molar refractivity (Wildman–Crippen MR) is 154 cm³/mol. The molecule has 3 aromatic heterocycles. The minimum Gasteiger partial charge on any atom is -0.309 e. The van der Waals surface area contributed by atoms with Crippen LogP contribution in [0.4, 0.5) is 5.82 Å². The summed E-state index contributed by atoms with van der Waals surface area (Å²) in [6.07, 6.45) is 8.27. The first-order valence-corrected chi connectivity index (χ1v) is 13.5. The van der Waals surface area contributed by atoms with Crippen molar-refractivity contribution in [1.29, 1.82) is 0 Å². The van der Waals surface area contributed by atoms with Crippen molar-refractivity contribution in [2.45, 2.75) is 25.7 Å². The van der Waals surface area contributed by atoms with E-state index < -0.39 is 0 Å². The fourth-order valence-corrected chi connectivity index (χ4v) is 6.68. The van der Waals surface area contributed by atoms with Crippen molar-refractivity contribution in [1.82, 2.24) is 14.5 Å². The number of thiophene rings is 1. The molecule has 0 saturated carbocycles. The number of nitrogens with zero attached hydrogens (tertiary/aromatic N) is 4. The number of hydrogen-bond acceptors (Lipinski definition) is 5. The van der Waals surface area contributed by atoms with Gasteiger partial charge >= 0.3 is 0 Å². The molecule has 1 aliphatic carbocycles. The maximum absolute atomic E-state index is 4.76. The van der Waals surface area contributed by atoms with Crippen LogP contribution in [0.15, 0.2) is 96.4 Å². The average Bonchev–Trinajstić information content (AvgIpc) is 3.50. The predicted octanol–water partition coefficient (Wildman–Crippen LogP) is 7.63. The summed E-state index contributed by atoms with van der Waals surface area (Å²) in [7, 11) is 0. The van der Waals surface area contributed by atoms with Crippen LogP contribution < -0.4 is 5.43 Å². The summed E-state index contributed by atoms with van der Waals surface area (Å²) in [5.74, 6) is 0.786. The number of aryl methyl sites for hydroxylation is 2. The van der Waals surface area contributed by atoms with Gasteiger partial charge in [-0.2, -0.15) is 5.10 Å². The molecule has 5 nitrogen and oxygen atoms in total. The van der Waals surface area contributed by atoms with Crippen LogP contribution in [0.3, 0.4) is 0 Å². The van der Waals surface area contributed by atoms with Crippen molar-refractivity contribution >= 4 is 44.5 Å². The zero-order chi connectivity index (χ0) is 24.6. The van der Waals surface area contributed by atoms with Gasteiger partial charge in [0.1, 0.15) is 11.2 Å². The van der Waals surface area contributed by atoms with Gasteiger partial charge < -0.3 is 4.57 Å². The normalized spacial score (nSPS) is 13.4. The molecule has 1 N–H and O–H groups in total. The average molecular weight is 500 g/mol. The SMILES string of the molecule is C(=N\Nc1ncnc2sc3c(c12)CCCC3)/c1c(-c2ccccc2)n(-c2ccccc2)c2ccccc12. The van der Waals surface area contributed by atoms with Crippen LogP contribution in [-0.2, 0) is 12.8 Å². The first kappa shape index (κ1) is 21.9. The van der Waals surface area contributed by atoms with Crippen molar-refractivity contribution < 1.29 is 0 Å². The van der Waals surface area contributed by atoms with Gasteiger partial charge in [-0.05, 0) is 55.0 Å². The largest absolute Gasteiger partial charge is 0.309 e. The Bertz CT molecular complexity index is 1750. The molecule has 0 fully saturated rings. The van der Waals surface area contributed by atoms with E-state index in [1.165, 1.54) is 23.3 Å². The molecule has 7 rings (SSSR count). The topological polar surface area (TPSA) is 55.1 Å². The van der Waals surface area contributed by atoms with Gasteiger partial charge in [0.25, 0.3) is 0 Å². The van der Waals surface area contributed by atoms with Gasteiger partial charge in [0.15, 0.2) is 5.82 Å². The number of para-hydroxylation sites is 2. The molecule has 0 spiro atoms. The summed E-state index contributed by atoms with van der Waals surface area (Å²) < 4.78 is 2.32. The molecule has 0 radical (unpaired) electrons. The summed E-state index contributed by atoms with van der Waals surface area (Å²) in [6, 6.07) is 29.6. The van der Waals surface area contributed by atoms with E-state index in [0.717, 1.165) is 62.3 Å². The Morgan fingerprint density at radius 3 is 2.46 bits per heavy atom. The third-order valence-corrected chi connectivity index (χ3v) is 8.29. The highest BCUT2D eigenvalue weighted by atomic mass is 32.1. The molecule has 180 valence electrons. The second kappa shape index (κ2) is 9.30. The van der Waals surface area contributed by atoms with Gasteiger partial charge in [-0.3, -0.25) is 5.43 Å². The highest BCUT2D eigenvalue weighted by molar-refractivity contribution is 7.19. The van der Waals surface area contributed by atoms with Crippen LogP contribution in [-0.4, -0.2) is 20.7 Å². The standard InChI is InChI=1S/C31H25N5S/c1-3-11-21(12-4-1)29-25(23-15-7-9-17-26(23)36(29)22-13-5-2-6-14-22)19-34-35-30-28-24-16-8-10-18-27(24)37-31(28)33-20-32-30/h1-7,9,11-15,17,19-20H,8,10,16,18H2,(H,32,33,35)/b34-19+. The molecule has 0 aliphatic heterocycles. The van der Waals surface area contributed by atoms with Crippen molar-refractivity contribution in [2.24, 2.45) is 5.10 Å². The number of benzene rings is 3. The van der Waals surface area contributed by atoms with E-state index >= 15 is 0 Å². The summed E-state index contributed by atoms with van der Waals surface area (Å²) in [5, 5.41) is 7.04. The lowest BCUT2D eigenvalue weighted by Crippen LogP contribution is -2.01. The number of fused-ring (bicyclic) bond motifs is 4. The Hall–Kier alpha value is -4.29. The molecule has 3 aromatic carbocycles. The van der Waals surface area contributed by atoms with Crippen LogP contribution in [0.1, 0.15) is 28.8 Å². The van der Waals surface area contributed by atoms with E-state index in [9.17, 15) is 0 Å². The van der Waals surface area contributed by atoms with E-state index in [2.05, 4.69) is 105 Å². The molecular weight excluding hydrogens is 474 g/mol. The Morgan fingerprint density at radius 2 is 1.59 bits per heavy atom. The van der Waals surface area contributed by atoms with Gasteiger partial charge in [0.05, 0.1) is 22.8 Å². The summed E-state index contributed by atoms with van der Waals surface area (Å²) in [6.45, 7) is 0. The maximum atomic E-state index is 4.76. The zero-order valence-corrected chi connectivity index (χ0v) is 21.1. The third-order valence-electron chi connectivity index (χ3n) is 7.09. The number of rotatable bonds is 5. The smallest absolute Gasteiger partial charge is 0.158 e. The minimum atomic E-state index is 0.786. The van der Waals surface area contributed by atoms with Crippen LogP contribution in [0.25, 0.3) is 38.1 Å². The molecule has 0 unspecified atom stereocenters. The monoisotopic (exact) mass is 499 g/mol. The molecular formula is C31H25N5S. The molecule has 6 heteroatoms. The third kappa shape index (κ3) is 3.81. The molecule has 37 heavy (non-hydrogen) atoms. The first-order valence-electron chi connectivity index (χ1n) is 12.7. The maximum Gasteiger partial charge on any atom is 0.158 e. The van der Waals surface area contributed by atoms with E-state index in [1.54, 1.807) is 17.7 Å². The Morgan fingerprint density at radius 1 is 0.838 bits per heavy atom. The molecule has 3 heterocycles. The highest BCUT2D eigenvalue weighted by Crippen LogP contribution is 2.39. The lowest BCUT2D eigenvalue weighted by atomic mass is 9.97. The van der Waals surface area contributed by atoms with Gasteiger partial charge in [-0.15, -0.1) is 11.3 Å². The van der Waals surface area contributed by atoms with Gasteiger partial charge in [0.2, 0.25) is 0 Å². The van der Waals surface area contributed by atoms with Crippen LogP contribution in [0, 0.1) is 0 Å². The first-order chi connectivity index (χ1) is 18.4. The Kier molecular flexibility index (Phi) is 5.52. The fourth-order valence-electron chi connectivity index (χ4n) is 5.45. The van der Waals surface area contributed by atoms with Gasteiger partial charge in [0, 0.05) is 21.5 Å². The zero-order valence-electron chi connectivity index (χ0n) is 20.3. The molecule has 0 bridgehead atoms. The van der Waals surface area contributed by atoms with Crippen LogP contribution >= 0.6 is 11.3 Å². The van der Waals surface area contributed by atoms with Crippen molar-refractivity contribution in [3.63, 3.8) is 0 Å². The second-order valence-electron chi connectivity index (χ2n) is 9.30. The number of anilines is 1. The molecule has 0 saturated heterocycles. The summed E-state index contributed by atoms with van der Waals surface area (Å²) >= 11 is 1.80. The summed E-state index contributed by atoms with van der Waals surface area (Å²) in [4.78, 5) is 11.6. The van der Waals surface area contributed by atoms with Crippen LogP contribution in [0.5, 0.6) is 0 Å². The molecule has 1 aliphatic rings. The van der Waals surface area contributed by atoms with E-state index in [4.69, 9.17) is 5.10 Å². The quantitative estimate of drug-likeness (QED) is 0.196. The molecule has 0 atom stereocenters. The van der Waals surface area contributed by atoms with E-state index in [0.29, 0.717) is 0 Å². The number of aromatic nitrogens is 3.